The number of rotatable bonds is 0. The first-order valence-corrected chi connectivity index (χ1v) is 5.64. The van der Waals surface area contributed by atoms with E-state index in [9.17, 15) is 13.5 Å². The van der Waals surface area contributed by atoms with Gasteiger partial charge in [0, 0.05) is 0 Å². The maximum atomic E-state index is 10.9. The van der Waals surface area contributed by atoms with Crippen LogP contribution in [-0.2, 0) is 9.84 Å². The van der Waals surface area contributed by atoms with Crippen LogP contribution in [0.1, 0.15) is 6.92 Å². The summed E-state index contributed by atoms with van der Waals surface area (Å²) in [5.41, 5.74) is -1.08. The molecule has 1 rings (SSSR count). The van der Waals surface area contributed by atoms with Crippen molar-refractivity contribution in [2.45, 2.75) is 17.4 Å². The van der Waals surface area contributed by atoms with Crippen molar-refractivity contribution in [2.75, 3.05) is 11.5 Å². The van der Waals surface area contributed by atoms with Gasteiger partial charge in [0.1, 0.15) is 0 Å². The van der Waals surface area contributed by atoms with Crippen molar-refractivity contribution >= 4 is 25.8 Å². The van der Waals surface area contributed by atoms with E-state index in [1.54, 1.807) is 0 Å². The van der Waals surface area contributed by atoms with Gasteiger partial charge < -0.3 is 5.11 Å². The molecule has 1 fully saturated rings. The first kappa shape index (κ1) is 8.49. The van der Waals surface area contributed by atoms with Crippen LogP contribution in [0.3, 0.4) is 0 Å². The monoisotopic (exact) mass is 228 g/mol. The molecule has 0 spiro atoms. The first-order chi connectivity index (χ1) is 4.33. The predicted molar refractivity (Wildman–Crippen MR) is 42.0 cm³/mol. The van der Waals surface area contributed by atoms with Crippen LogP contribution in [0, 0.1) is 0 Å². The van der Waals surface area contributed by atoms with Crippen LogP contribution in [0.25, 0.3) is 0 Å². The van der Waals surface area contributed by atoms with Gasteiger partial charge in [-0.2, -0.15) is 0 Å². The second-order valence-corrected chi connectivity index (χ2v) is 6.09. The standard InChI is InChI=1S/C5H9BrO3S/c1-5(7)3-10(8,9)2-4(5)6/h4,7H,2-3H2,1H3. The SMILES string of the molecule is CC1(O)CS(=O)(=O)CC1Br. The van der Waals surface area contributed by atoms with Gasteiger partial charge >= 0.3 is 0 Å². The molecule has 1 N–H and O–H groups in total. The van der Waals surface area contributed by atoms with Gasteiger partial charge in [-0.15, -0.1) is 0 Å². The highest BCUT2D eigenvalue weighted by atomic mass is 79.9. The average molecular weight is 229 g/mol. The molecule has 60 valence electrons. The van der Waals surface area contributed by atoms with Crippen molar-refractivity contribution in [1.82, 2.24) is 0 Å². The zero-order valence-corrected chi connectivity index (χ0v) is 7.94. The molecule has 0 aromatic rings. The number of hydrogen-bond donors (Lipinski definition) is 1. The molecule has 3 nitrogen and oxygen atoms in total. The van der Waals surface area contributed by atoms with Crippen LogP contribution < -0.4 is 0 Å². The Morgan fingerprint density at radius 2 is 2.20 bits per heavy atom. The van der Waals surface area contributed by atoms with Crippen molar-refractivity contribution in [3.63, 3.8) is 0 Å². The molecule has 5 heteroatoms. The number of halogens is 1. The third-order valence-electron chi connectivity index (χ3n) is 1.59. The Morgan fingerprint density at radius 1 is 1.70 bits per heavy atom. The summed E-state index contributed by atoms with van der Waals surface area (Å²) in [6.45, 7) is 1.52. The molecule has 10 heavy (non-hydrogen) atoms. The summed E-state index contributed by atoms with van der Waals surface area (Å²) in [6, 6.07) is 0. The van der Waals surface area contributed by atoms with Crippen LogP contribution in [0.15, 0.2) is 0 Å². The van der Waals surface area contributed by atoms with Gasteiger partial charge in [0.15, 0.2) is 9.84 Å². The minimum Gasteiger partial charge on any atom is -0.388 e. The molecular formula is C5H9BrO3S. The van der Waals surface area contributed by atoms with Gasteiger partial charge in [-0.25, -0.2) is 8.42 Å². The van der Waals surface area contributed by atoms with E-state index in [0.717, 1.165) is 0 Å². The number of alkyl halides is 1. The van der Waals surface area contributed by atoms with E-state index in [1.165, 1.54) is 6.92 Å². The Balaban J connectivity index is 2.92. The molecule has 0 bridgehead atoms. The normalized spacial score (nSPS) is 45.7. The fourth-order valence-corrected chi connectivity index (χ4v) is 4.60. The highest BCUT2D eigenvalue weighted by Gasteiger charge is 2.44. The molecule has 2 unspecified atom stereocenters. The van der Waals surface area contributed by atoms with E-state index in [-0.39, 0.29) is 16.3 Å². The van der Waals surface area contributed by atoms with Crippen LogP contribution in [0.4, 0.5) is 0 Å². The Kier molecular flexibility index (Phi) is 1.85. The molecule has 2 atom stereocenters. The van der Waals surface area contributed by atoms with Gasteiger partial charge in [0.2, 0.25) is 0 Å². The molecule has 0 aromatic carbocycles. The highest BCUT2D eigenvalue weighted by Crippen LogP contribution is 2.28. The molecule has 1 aliphatic heterocycles. The van der Waals surface area contributed by atoms with Crippen LogP contribution in [0.2, 0.25) is 0 Å². The van der Waals surface area contributed by atoms with Crippen LogP contribution in [0.5, 0.6) is 0 Å². The molecule has 0 aliphatic carbocycles. The van der Waals surface area contributed by atoms with E-state index >= 15 is 0 Å². The van der Waals surface area contributed by atoms with Gasteiger partial charge in [-0.3, -0.25) is 0 Å². The van der Waals surface area contributed by atoms with E-state index in [2.05, 4.69) is 15.9 Å². The Bertz CT molecular complexity index is 231. The van der Waals surface area contributed by atoms with E-state index in [4.69, 9.17) is 0 Å². The second-order valence-electron chi connectivity index (χ2n) is 2.88. The highest BCUT2D eigenvalue weighted by molar-refractivity contribution is 9.09. The third-order valence-corrected chi connectivity index (χ3v) is 5.19. The zero-order valence-electron chi connectivity index (χ0n) is 5.54. The lowest BCUT2D eigenvalue weighted by atomic mass is 10.1. The minimum atomic E-state index is -3.00. The quantitative estimate of drug-likeness (QED) is 0.591. The van der Waals surface area contributed by atoms with E-state index in [1.807, 2.05) is 0 Å². The first-order valence-electron chi connectivity index (χ1n) is 2.90. The molecular weight excluding hydrogens is 220 g/mol. The van der Waals surface area contributed by atoms with Crippen LogP contribution in [-0.4, -0.2) is 35.5 Å². The van der Waals surface area contributed by atoms with E-state index < -0.39 is 15.4 Å². The molecule has 0 amide bonds. The summed E-state index contributed by atoms with van der Waals surface area (Å²) in [6.07, 6.45) is 0. The molecule has 1 saturated heterocycles. The number of aliphatic hydroxyl groups is 1. The summed E-state index contributed by atoms with van der Waals surface area (Å²) in [5, 5.41) is 9.37. The summed E-state index contributed by atoms with van der Waals surface area (Å²) in [7, 11) is -3.00. The smallest absolute Gasteiger partial charge is 0.154 e. The maximum absolute atomic E-state index is 10.9. The summed E-state index contributed by atoms with van der Waals surface area (Å²) in [5.74, 6) is -0.0874. The van der Waals surface area contributed by atoms with Crippen molar-refractivity contribution < 1.29 is 13.5 Å². The van der Waals surface area contributed by atoms with Gasteiger partial charge in [-0.1, -0.05) is 15.9 Å². The maximum Gasteiger partial charge on any atom is 0.154 e. The summed E-state index contributed by atoms with van der Waals surface area (Å²) >= 11 is 3.11. The molecule has 1 aliphatic rings. The Labute approximate surface area is 68.5 Å². The third kappa shape index (κ3) is 1.52. The zero-order chi connectivity index (χ0) is 7.99. The van der Waals surface area contributed by atoms with Crippen LogP contribution >= 0.6 is 15.9 Å². The van der Waals surface area contributed by atoms with Crippen molar-refractivity contribution in [1.29, 1.82) is 0 Å². The lowest BCUT2D eigenvalue weighted by Crippen LogP contribution is -2.33. The average Bonchev–Trinajstić information content (AvgIpc) is 1.73. The lowest BCUT2D eigenvalue weighted by Gasteiger charge is -2.17. The number of sulfone groups is 1. The van der Waals surface area contributed by atoms with Crippen molar-refractivity contribution in [3.05, 3.63) is 0 Å². The predicted octanol–water partition coefficient (Wildman–Crippen LogP) is -0.0707. The van der Waals surface area contributed by atoms with E-state index in [0.29, 0.717) is 0 Å². The topological polar surface area (TPSA) is 54.4 Å². The van der Waals surface area contributed by atoms with Gasteiger partial charge in [-0.05, 0) is 6.92 Å². The van der Waals surface area contributed by atoms with Gasteiger partial charge in [0.25, 0.3) is 0 Å². The van der Waals surface area contributed by atoms with Gasteiger partial charge in [0.05, 0.1) is 21.9 Å². The lowest BCUT2D eigenvalue weighted by molar-refractivity contribution is 0.0958. The molecule has 0 radical (unpaired) electrons. The van der Waals surface area contributed by atoms with Crippen molar-refractivity contribution in [2.24, 2.45) is 0 Å². The molecule has 0 saturated carbocycles. The summed E-state index contributed by atoms with van der Waals surface area (Å²) < 4.78 is 21.7. The summed E-state index contributed by atoms with van der Waals surface area (Å²) in [4.78, 5) is -0.315. The Morgan fingerprint density at radius 3 is 2.30 bits per heavy atom. The van der Waals surface area contributed by atoms with Crippen molar-refractivity contribution in [3.8, 4) is 0 Å². The second kappa shape index (κ2) is 2.19. The Hall–Kier alpha value is 0.390. The fourth-order valence-electron chi connectivity index (χ4n) is 0.997. The largest absolute Gasteiger partial charge is 0.388 e. The molecule has 0 aromatic heterocycles. The fraction of sp³-hybridized carbons (Fsp3) is 1.00. The minimum absolute atomic E-state index is 0.0417. The number of hydrogen-bond acceptors (Lipinski definition) is 3. The molecule has 1 heterocycles.